The molecule has 0 aromatic heterocycles. The van der Waals surface area contributed by atoms with Gasteiger partial charge in [-0.1, -0.05) is 0 Å². The molecular weight excluding hydrogens is 390 g/mol. The quantitative estimate of drug-likeness (QED) is 0.692. The zero-order valence-corrected chi connectivity index (χ0v) is 16.7. The SMILES string of the molecule is COC1=C[C@]23CCCN2CCc2cc4c(cc2[C@@H]3[C@@H]1OC(=O)[C@H]1CC(=O)O1)OCO4. The minimum Gasteiger partial charge on any atom is -0.497 e. The Morgan fingerprint density at radius 3 is 2.80 bits per heavy atom. The van der Waals surface area contributed by atoms with Gasteiger partial charge in [0.05, 0.1) is 25.0 Å². The van der Waals surface area contributed by atoms with Crippen LogP contribution in [0.25, 0.3) is 0 Å². The highest BCUT2D eigenvalue weighted by molar-refractivity contribution is 5.89. The van der Waals surface area contributed by atoms with Crippen LogP contribution >= 0.6 is 0 Å². The van der Waals surface area contributed by atoms with Crippen LogP contribution < -0.4 is 9.47 Å². The Morgan fingerprint density at radius 2 is 2.03 bits per heavy atom. The second kappa shape index (κ2) is 6.38. The van der Waals surface area contributed by atoms with E-state index in [9.17, 15) is 9.59 Å². The van der Waals surface area contributed by atoms with Crippen molar-refractivity contribution in [1.82, 2.24) is 4.90 Å². The lowest BCUT2D eigenvalue weighted by Gasteiger charge is -2.39. The Balaban J connectivity index is 1.44. The molecule has 6 rings (SSSR count). The Morgan fingerprint density at radius 1 is 1.23 bits per heavy atom. The Labute approximate surface area is 173 Å². The second-order valence-corrected chi connectivity index (χ2v) is 8.50. The first-order valence-electron chi connectivity index (χ1n) is 10.4. The molecule has 0 saturated carbocycles. The molecular formula is C22H23NO7. The van der Waals surface area contributed by atoms with Crippen molar-refractivity contribution in [2.75, 3.05) is 27.0 Å². The lowest BCUT2D eigenvalue weighted by molar-refractivity contribution is -0.189. The van der Waals surface area contributed by atoms with Gasteiger partial charge in [0.25, 0.3) is 0 Å². The van der Waals surface area contributed by atoms with Crippen molar-refractivity contribution in [3.8, 4) is 11.5 Å². The van der Waals surface area contributed by atoms with E-state index < -0.39 is 18.2 Å². The number of fused-ring (bicyclic) bond motifs is 3. The molecule has 1 spiro atoms. The highest BCUT2D eigenvalue weighted by atomic mass is 16.7. The van der Waals surface area contributed by atoms with Crippen LogP contribution in [0.15, 0.2) is 24.0 Å². The Kier molecular flexibility index (Phi) is 3.84. The first kappa shape index (κ1) is 18.1. The number of hydrogen-bond donors (Lipinski definition) is 0. The molecule has 5 aliphatic rings. The number of hydrogen-bond acceptors (Lipinski definition) is 8. The topological polar surface area (TPSA) is 83.5 Å². The number of ether oxygens (including phenoxy) is 5. The Hall–Kier alpha value is -2.74. The van der Waals surface area contributed by atoms with Crippen LogP contribution in [0.5, 0.6) is 11.5 Å². The van der Waals surface area contributed by atoms with Gasteiger partial charge in [-0.25, -0.2) is 4.79 Å². The van der Waals surface area contributed by atoms with Crippen LogP contribution in [0.2, 0.25) is 0 Å². The second-order valence-electron chi connectivity index (χ2n) is 8.50. The molecule has 4 aliphatic heterocycles. The number of carbonyl (C=O) groups is 2. The number of carbonyl (C=O) groups excluding carboxylic acids is 2. The minimum atomic E-state index is -0.825. The van der Waals surface area contributed by atoms with Crippen molar-refractivity contribution in [1.29, 1.82) is 0 Å². The van der Waals surface area contributed by atoms with Gasteiger partial charge in [-0.15, -0.1) is 0 Å². The zero-order valence-electron chi connectivity index (χ0n) is 16.7. The largest absolute Gasteiger partial charge is 0.497 e. The van der Waals surface area contributed by atoms with Crippen LogP contribution in [0.4, 0.5) is 0 Å². The van der Waals surface area contributed by atoms with Crippen LogP contribution in [-0.2, 0) is 30.2 Å². The van der Waals surface area contributed by atoms with Gasteiger partial charge >= 0.3 is 11.9 Å². The fraction of sp³-hybridized carbons (Fsp3) is 0.545. The third-order valence-electron chi connectivity index (χ3n) is 7.10. The van der Waals surface area contributed by atoms with Gasteiger partial charge < -0.3 is 23.7 Å². The van der Waals surface area contributed by atoms with E-state index in [4.69, 9.17) is 23.7 Å². The molecule has 1 aromatic rings. The number of esters is 2. The highest BCUT2D eigenvalue weighted by Crippen LogP contribution is 2.55. The van der Waals surface area contributed by atoms with Crippen LogP contribution in [0.3, 0.4) is 0 Å². The molecule has 158 valence electrons. The highest BCUT2D eigenvalue weighted by Gasteiger charge is 2.58. The monoisotopic (exact) mass is 413 g/mol. The summed E-state index contributed by atoms with van der Waals surface area (Å²) in [5.74, 6) is 1.11. The van der Waals surface area contributed by atoms with Crippen molar-refractivity contribution in [2.45, 2.75) is 49.3 Å². The molecule has 8 nitrogen and oxygen atoms in total. The van der Waals surface area contributed by atoms with Gasteiger partial charge in [-0.05, 0) is 55.1 Å². The van der Waals surface area contributed by atoms with Crippen molar-refractivity contribution in [3.63, 3.8) is 0 Å². The van der Waals surface area contributed by atoms with Crippen LogP contribution in [0, 0.1) is 0 Å². The molecule has 0 radical (unpaired) electrons. The van der Waals surface area contributed by atoms with Gasteiger partial charge in [0.2, 0.25) is 12.9 Å². The normalized spacial score (nSPS) is 33.4. The summed E-state index contributed by atoms with van der Waals surface area (Å²) in [5.41, 5.74) is 2.01. The number of nitrogens with zero attached hydrogens (tertiary/aromatic N) is 1. The van der Waals surface area contributed by atoms with E-state index in [-0.39, 0.29) is 30.6 Å². The van der Waals surface area contributed by atoms with Crippen molar-refractivity contribution < 1.29 is 33.3 Å². The average Bonchev–Trinajstić information content (AvgIpc) is 3.39. The molecule has 2 saturated heterocycles. The molecule has 8 heteroatoms. The summed E-state index contributed by atoms with van der Waals surface area (Å²) >= 11 is 0. The summed E-state index contributed by atoms with van der Waals surface area (Å²) in [6, 6.07) is 4.10. The van der Waals surface area contributed by atoms with Crippen molar-refractivity contribution in [3.05, 3.63) is 35.1 Å². The molecule has 30 heavy (non-hydrogen) atoms. The van der Waals surface area contributed by atoms with Gasteiger partial charge in [-0.3, -0.25) is 9.69 Å². The molecule has 4 heterocycles. The maximum atomic E-state index is 12.7. The van der Waals surface area contributed by atoms with Crippen LogP contribution in [0.1, 0.15) is 36.3 Å². The van der Waals surface area contributed by atoms with E-state index >= 15 is 0 Å². The molecule has 0 bridgehead atoms. The van der Waals surface area contributed by atoms with E-state index in [1.54, 1.807) is 7.11 Å². The summed E-state index contributed by atoms with van der Waals surface area (Å²) in [6.45, 7) is 2.12. The van der Waals surface area contributed by atoms with E-state index in [2.05, 4.69) is 17.0 Å². The lowest BCUT2D eigenvalue weighted by atomic mass is 9.77. The summed E-state index contributed by atoms with van der Waals surface area (Å²) in [5, 5.41) is 0. The zero-order chi connectivity index (χ0) is 20.5. The molecule has 1 aliphatic carbocycles. The molecule has 4 atom stereocenters. The average molecular weight is 413 g/mol. The molecule has 2 fully saturated rings. The number of rotatable bonds is 3. The number of benzene rings is 1. The predicted octanol–water partition coefficient (Wildman–Crippen LogP) is 1.66. The lowest BCUT2D eigenvalue weighted by Crippen LogP contribution is -2.48. The summed E-state index contributed by atoms with van der Waals surface area (Å²) in [4.78, 5) is 26.4. The predicted molar refractivity (Wildman–Crippen MR) is 102 cm³/mol. The van der Waals surface area contributed by atoms with Crippen molar-refractivity contribution >= 4 is 11.9 Å². The maximum absolute atomic E-state index is 12.7. The molecule has 0 unspecified atom stereocenters. The van der Waals surface area contributed by atoms with Gasteiger partial charge in [-0.2, -0.15) is 0 Å². The molecule has 0 amide bonds. The van der Waals surface area contributed by atoms with Crippen molar-refractivity contribution in [2.24, 2.45) is 0 Å². The number of methoxy groups -OCH3 is 1. The summed E-state index contributed by atoms with van der Waals surface area (Å²) < 4.78 is 27.9. The summed E-state index contributed by atoms with van der Waals surface area (Å²) in [7, 11) is 1.61. The van der Waals surface area contributed by atoms with Crippen LogP contribution in [-0.4, -0.2) is 61.6 Å². The number of cyclic esters (lactones) is 1. The van der Waals surface area contributed by atoms with Gasteiger partial charge in [0.1, 0.15) is 5.76 Å². The minimum absolute atomic E-state index is 0.0643. The van der Waals surface area contributed by atoms with Gasteiger partial charge in [0, 0.05) is 6.54 Å². The fourth-order valence-corrected chi connectivity index (χ4v) is 5.73. The molecule has 1 aromatic carbocycles. The van der Waals surface area contributed by atoms with E-state index in [1.165, 1.54) is 5.56 Å². The Bertz CT molecular complexity index is 964. The van der Waals surface area contributed by atoms with E-state index in [0.29, 0.717) is 5.76 Å². The first-order valence-corrected chi connectivity index (χ1v) is 10.4. The maximum Gasteiger partial charge on any atom is 0.348 e. The van der Waals surface area contributed by atoms with E-state index in [1.807, 2.05) is 6.07 Å². The molecule has 0 N–H and O–H groups in total. The first-order chi connectivity index (χ1) is 14.6. The standard InChI is InChI=1S/C22H23NO7/c1-26-17-10-22-4-2-5-23(22)6-3-12-7-14-15(28-11-27-14)8-13(12)19(22)20(17)30-21(25)16-9-18(24)29-16/h7-8,10,16,19-20H,2-6,9,11H2,1H3/t16-,19-,20-,22+/m1/s1. The third-order valence-corrected chi connectivity index (χ3v) is 7.10. The van der Waals surface area contributed by atoms with Gasteiger partial charge in [0.15, 0.2) is 17.6 Å². The van der Waals surface area contributed by atoms with E-state index in [0.717, 1.165) is 49.4 Å². The third kappa shape index (κ3) is 2.43. The smallest absolute Gasteiger partial charge is 0.348 e. The fourth-order valence-electron chi connectivity index (χ4n) is 5.73. The summed E-state index contributed by atoms with van der Waals surface area (Å²) in [6.07, 6.45) is 3.73.